The second-order valence-electron chi connectivity index (χ2n) is 8.48. The van der Waals surface area contributed by atoms with Crippen molar-refractivity contribution >= 4 is 46.7 Å². The molecule has 0 bridgehead atoms. The molecule has 2 aromatic carbocycles. The number of rotatable bonds is 8. The minimum absolute atomic E-state index is 0.301. The number of benzene rings is 2. The molecule has 0 aliphatic carbocycles. The van der Waals surface area contributed by atoms with Gasteiger partial charge in [0.1, 0.15) is 16.7 Å². The molecule has 42 heavy (non-hydrogen) atoms. The van der Waals surface area contributed by atoms with Gasteiger partial charge < -0.3 is 25.5 Å². The van der Waals surface area contributed by atoms with Gasteiger partial charge in [0, 0.05) is 17.8 Å². The number of hydrogen-bond donors (Lipinski definition) is 5. The van der Waals surface area contributed by atoms with Gasteiger partial charge in [-0.1, -0.05) is 54.1 Å². The quantitative estimate of drug-likeness (QED) is 0.154. The lowest BCUT2D eigenvalue weighted by molar-refractivity contribution is -0.192. The number of imidazole rings is 1. The first-order valence-corrected chi connectivity index (χ1v) is 13.4. The molecule has 0 aliphatic heterocycles. The fourth-order valence-electron chi connectivity index (χ4n) is 3.46. The van der Waals surface area contributed by atoms with Crippen LogP contribution in [0.1, 0.15) is 23.0 Å². The number of halogens is 4. The Hall–Kier alpha value is -4.56. The standard InChI is InChI=1S/C25H24ClN5O3S.C2HF3O2/c1-34-25(33)28-19-9-7-18(8-10-19)21-22(26)31-23(30-21)20(13-16-5-3-2-4-6-16)29-24(32)27-14-17-11-12-35-15-17;3-2(4,5)1(6)7/h2-12,15,20H,13-14H2,1H3,(H,28,33)(H,30,31)(H2,27,29,32);(H,6,7)/t20-;/m0./s1. The molecule has 3 amide bonds. The number of nitrogens with zero attached hydrogens (tertiary/aromatic N) is 1. The molecule has 4 aromatic rings. The van der Waals surface area contributed by atoms with Gasteiger partial charge in [0.25, 0.3) is 0 Å². The summed E-state index contributed by atoms with van der Waals surface area (Å²) in [6.07, 6.45) is -5.11. The number of aliphatic carboxylic acids is 1. The molecule has 15 heteroatoms. The molecule has 0 aliphatic rings. The van der Waals surface area contributed by atoms with E-state index >= 15 is 0 Å². The molecule has 2 aromatic heterocycles. The van der Waals surface area contributed by atoms with E-state index in [4.69, 9.17) is 26.5 Å². The van der Waals surface area contributed by atoms with Crippen molar-refractivity contribution in [3.8, 4) is 11.3 Å². The number of urea groups is 1. The van der Waals surface area contributed by atoms with Gasteiger partial charge in [0.15, 0.2) is 0 Å². The number of nitrogens with one attached hydrogen (secondary N) is 4. The lowest BCUT2D eigenvalue weighted by atomic mass is 10.1. The van der Waals surface area contributed by atoms with E-state index in [1.54, 1.807) is 35.6 Å². The second-order valence-corrected chi connectivity index (χ2v) is 9.64. The molecule has 0 radical (unpaired) electrons. The highest BCUT2D eigenvalue weighted by atomic mass is 35.5. The Labute approximate surface area is 246 Å². The molecule has 0 fully saturated rings. The summed E-state index contributed by atoms with van der Waals surface area (Å²) in [4.78, 5) is 40.8. The number of amides is 3. The van der Waals surface area contributed by atoms with E-state index in [1.165, 1.54) is 7.11 Å². The SMILES string of the molecule is COC(=O)Nc1ccc(-c2nc([C@H](Cc3ccccc3)NC(=O)NCc3ccsc3)[nH]c2Cl)cc1.O=C(O)C(F)(F)F. The van der Waals surface area contributed by atoms with Crippen LogP contribution in [0.15, 0.2) is 71.4 Å². The highest BCUT2D eigenvalue weighted by molar-refractivity contribution is 7.07. The average molecular weight is 624 g/mol. The van der Waals surface area contributed by atoms with Crippen LogP contribution in [0.25, 0.3) is 11.3 Å². The van der Waals surface area contributed by atoms with Crippen LogP contribution in [0.2, 0.25) is 5.15 Å². The Kier molecular flexibility index (Phi) is 11.3. The lowest BCUT2D eigenvalue weighted by Gasteiger charge is -2.17. The highest BCUT2D eigenvalue weighted by Crippen LogP contribution is 2.29. The normalized spacial score (nSPS) is 11.5. The Balaban J connectivity index is 0.000000616. The number of carbonyl (C=O) groups is 3. The zero-order valence-corrected chi connectivity index (χ0v) is 23.4. The van der Waals surface area contributed by atoms with Gasteiger partial charge in [-0.3, -0.25) is 5.32 Å². The first-order valence-electron chi connectivity index (χ1n) is 12.1. The molecule has 0 spiro atoms. The minimum atomic E-state index is -5.08. The molecule has 1 atom stereocenters. The number of methoxy groups -OCH3 is 1. The molecule has 5 N–H and O–H groups in total. The fraction of sp³-hybridized carbons (Fsp3) is 0.185. The van der Waals surface area contributed by atoms with Crippen molar-refractivity contribution in [3.05, 3.63) is 93.5 Å². The maximum absolute atomic E-state index is 12.7. The molecule has 4 rings (SSSR count). The zero-order chi connectivity index (χ0) is 30.7. The van der Waals surface area contributed by atoms with Crippen LogP contribution in [0.3, 0.4) is 0 Å². The third kappa shape index (κ3) is 9.82. The summed E-state index contributed by atoms with van der Waals surface area (Å²) < 4.78 is 36.3. The van der Waals surface area contributed by atoms with Crippen molar-refractivity contribution in [2.75, 3.05) is 12.4 Å². The van der Waals surface area contributed by atoms with Gasteiger partial charge in [0.2, 0.25) is 0 Å². The summed E-state index contributed by atoms with van der Waals surface area (Å²) in [5.74, 6) is -2.22. The molecule has 0 saturated carbocycles. The van der Waals surface area contributed by atoms with Crippen molar-refractivity contribution in [2.45, 2.75) is 25.2 Å². The average Bonchev–Trinajstić information content (AvgIpc) is 3.62. The predicted molar refractivity (Wildman–Crippen MR) is 151 cm³/mol. The summed E-state index contributed by atoms with van der Waals surface area (Å²) in [5, 5.41) is 19.9. The molecule has 222 valence electrons. The third-order valence-electron chi connectivity index (χ3n) is 5.46. The van der Waals surface area contributed by atoms with Crippen LogP contribution >= 0.6 is 22.9 Å². The Bertz CT molecular complexity index is 1470. The Morgan fingerprint density at radius 2 is 1.74 bits per heavy atom. The molecule has 2 heterocycles. The molecule has 0 saturated heterocycles. The molecule has 10 nitrogen and oxygen atoms in total. The van der Waals surface area contributed by atoms with Gasteiger partial charge >= 0.3 is 24.3 Å². The highest BCUT2D eigenvalue weighted by Gasteiger charge is 2.38. The number of alkyl halides is 3. The number of carbonyl (C=O) groups excluding carboxylic acids is 2. The van der Waals surface area contributed by atoms with Gasteiger partial charge in [-0.15, -0.1) is 0 Å². The van der Waals surface area contributed by atoms with E-state index in [2.05, 4.69) is 25.7 Å². The van der Waals surface area contributed by atoms with Crippen LogP contribution in [0.5, 0.6) is 0 Å². The first kappa shape index (κ1) is 32.0. The van der Waals surface area contributed by atoms with Crippen molar-refractivity contribution in [1.29, 1.82) is 0 Å². The van der Waals surface area contributed by atoms with Crippen LogP contribution in [-0.2, 0) is 22.5 Å². The smallest absolute Gasteiger partial charge is 0.475 e. The number of aromatic amines is 1. The number of thiophene rings is 1. The van der Waals surface area contributed by atoms with Crippen molar-refractivity contribution < 1.29 is 37.4 Å². The number of H-pyrrole nitrogens is 1. The van der Waals surface area contributed by atoms with E-state index in [9.17, 15) is 22.8 Å². The van der Waals surface area contributed by atoms with Crippen molar-refractivity contribution in [1.82, 2.24) is 20.6 Å². The molecular weight excluding hydrogens is 599 g/mol. The minimum Gasteiger partial charge on any atom is -0.475 e. The van der Waals surface area contributed by atoms with E-state index in [1.807, 2.05) is 47.2 Å². The lowest BCUT2D eigenvalue weighted by Crippen LogP contribution is -2.38. The number of carboxylic acids is 1. The van der Waals surface area contributed by atoms with Gasteiger partial charge in [0.05, 0.1) is 13.2 Å². The van der Waals surface area contributed by atoms with E-state index < -0.39 is 24.3 Å². The van der Waals surface area contributed by atoms with Crippen LogP contribution in [0.4, 0.5) is 28.4 Å². The molecule has 0 unspecified atom stereocenters. The van der Waals surface area contributed by atoms with Gasteiger partial charge in [-0.2, -0.15) is 24.5 Å². The number of aromatic nitrogens is 2. The second kappa shape index (κ2) is 14.9. The van der Waals surface area contributed by atoms with Crippen molar-refractivity contribution in [3.63, 3.8) is 0 Å². The summed E-state index contributed by atoms with van der Waals surface area (Å²) in [5.41, 5.74) is 3.97. The van der Waals surface area contributed by atoms with Crippen LogP contribution in [0, 0.1) is 0 Å². The Morgan fingerprint density at radius 3 is 2.31 bits per heavy atom. The van der Waals surface area contributed by atoms with Gasteiger partial charge in [-0.05, 0) is 46.5 Å². The number of ether oxygens (including phenoxy) is 1. The number of hydrogen-bond acceptors (Lipinski definition) is 6. The van der Waals surface area contributed by atoms with Crippen LogP contribution < -0.4 is 16.0 Å². The zero-order valence-electron chi connectivity index (χ0n) is 21.9. The topological polar surface area (TPSA) is 145 Å². The monoisotopic (exact) mass is 623 g/mol. The largest absolute Gasteiger partial charge is 0.490 e. The number of anilines is 1. The van der Waals surface area contributed by atoms with E-state index in [-0.39, 0.29) is 6.03 Å². The predicted octanol–water partition coefficient (Wildman–Crippen LogP) is 6.39. The van der Waals surface area contributed by atoms with E-state index in [0.717, 1.165) is 16.7 Å². The first-order chi connectivity index (χ1) is 20.0. The summed E-state index contributed by atoms with van der Waals surface area (Å²) in [7, 11) is 1.30. The van der Waals surface area contributed by atoms with Gasteiger partial charge in [-0.25, -0.2) is 19.4 Å². The summed E-state index contributed by atoms with van der Waals surface area (Å²) in [6.45, 7) is 0.434. The molecular formula is C27H25ClF3N5O5S. The summed E-state index contributed by atoms with van der Waals surface area (Å²) in [6, 6.07) is 18.1. The number of carboxylic acid groups (broad SMARTS) is 1. The maximum atomic E-state index is 12.7. The maximum Gasteiger partial charge on any atom is 0.490 e. The van der Waals surface area contributed by atoms with E-state index in [0.29, 0.717) is 35.3 Å². The van der Waals surface area contributed by atoms with Crippen molar-refractivity contribution in [2.24, 2.45) is 0 Å². The third-order valence-corrected chi connectivity index (χ3v) is 6.47. The fourth-order valence-corrected chi connectivity index (χ4v) is 4.37. The summed E-state index contributed by atoms with van der Waals surface area (Å²) >= 11 is 8.09. The Morgan fingerprint density at radius 1 is 1.07 bits per heavy atom. The van der Waals surface area contributed by atoms with Crippen LogP contribution in [-0.4, -0.2) is 46.5 Å².